The number of hydrogen-bond acceptors (Lipinski definition) is 3. The second kappa shape index (κ2) is 6.60. The van der Waals surface area contributed by atoms with Gasteiger partial charge in [-0.2, -0.15) is 0 Å². The van der Waals surface area contributed by atoms with E-state index < -0.39 is 0 Å². The summed E-state index contributed by atoms with van der Waals surface area (Å²) < 4.78 is 10.5. The third-order valence-electron chi connectivity index (χ3n) is 3.02. The molecule has 0 aliphatic carbocycles. The van der Waals surface area contributed by atoms with Crippen LogP contribution in [-0.4, -0.2) is 19.7 Å². The average Bonchev–Trinajstić information content (AvgIpc) is 2.37. The number of esters is 1. The Morgan fingerprint density at radius 3 is 2.47 bits per heavy atom. The molecule has 0 aliphatic heterocycles. The lowest BCUT2D eigenvalue weighted by molar-refractivity contribution is 0.0496. The van der Waals surface area contributed by atoms with Gasteiger partial charge in [0.25, 0.3) is 0 Å². The molecule has 0 saturated carbocycles. The van der Waals surface area contributed by atoms with E-state index in [4.69, 9.17) is 9.47 Å². The lowest BCUT2D eigenvalue weighted by Crippen LogP contribution is -2.14. The van der Waals surface area contributed by atoms with Crippen molar-refractivity contribution >= 4 is 5.97 Å². The third-order valence-corrected chi connectivity index (χ3v) is 3.02. The summed E-state index contributed by atoms with van der Waals surface area (Å²) in [6.45, 7) is 8.86. The summed E-state index contributed by atoms with van der Waals surface area (Å²) in [6.07, 6.45) is 1.89. The van der Waals surface area contributed by atoms with E-state index in [0.717, 1.165) is 18.4 Å². The summed E-state index contributed by atoms with van der Waals surface area (Å²) in [7, 11) is 1.56. The van der Waals surface area contributed by atoms with Crippen LogP contribution in [0.2, 0.25) is 0 Å². The molecule has 19 heavy (non-hydrogen) atoms. The van der Waals surface area contributed by atoms with Crippen LogP contribution in [0.4, 0.5) is 0 Å². The molecular formula is C16H24O3. The van der Waals surface area contributed by atoms with Crippen LogP contribution in [0.25, 0.3) is 0 Å². The predicted octanol–water partition coefficient (Wildman–Crippen LogP) is 3.95. The van der Waals surface area contributed by atoms with Gasteiger partial charge in [-0.05, 0) is 29.5 Å². The Morgan fingerprint density at radius 1 is 1.26 bits per heavy atom. The Bertz CT molecular complexity index is 430. The first kappa shape index (κ1) is 15.5. The number of benzene rings is 1. The molecule has 0 atom stereocenters. The molecule has 0 N–H and O–H groups in total. The Labute approximate surface area is 115 Å². The Morgan fingerprint density at radius 2 is 1.95 bits per heavy atom. The molecule has 0 amide bonds. The van der Waals surface area contributed by atoms with Gasteiger partial charge in [-0.15, -0.1) is 0 Å². The minimum absolute atomic E-state index is 0.00921. The van der Waals surface area contributed by atoms with E-state index >= 15 is 0 Å². The zero-order chi connectivity index (χ0) is 14.5. The van der Waals surface area contributed by atoms with E-state index in [0.29, 0.717) is 17.9 Å². The molecular weight excluding hydrogens is 240 g/mol. The van der Waals surface area contributed by atoms with Crippen molar-refractivity contribution in [3.05, 3.63) is 29.3 Å². The zero-order valence-corrected chi connectivity index (χ0v) is 12.6. The average molecular weight is 264 g/mol. The SMILES string of the molecule is CCCCOC(=O)c1cc(C(C)(C)C)ccc1OC. The monoisotopic (exact) mass is 264 g/mol. The first-order valence-electron chi connectivity index (χ1n) is 6.75. The van der Waals surface area contributed by atoms with Gasteiger partial charge in [0, 0.05) is 0 Å². The van der Waals surface area contributed by atoms with Gasteiger partial charge in [-0.3, -0.25) is 0 Å². The Hall–Kier alpha value is -1.51. The van der Waals surface area contributed by atoms with E-state index in [1.165, 1.54) is 0 Å². The highest BCUT2D eigenvalue weighted by Gasteiger charge is 2.19. The minimum atomic E-state index is -0.309. The normalized spacial score (nSPS) is 11.2. The number of ether oxygens (including phenoxy) is 2. The number of hydrogen-bond donors (Lipinski definition) is 0. The number of methoxy groups -OCH3 is 1. The molecule has 0 aromatic heterocycles. The first-order chi connectivity index (χ1) is 8.90. The quantitative estimate of drug-likeness (QED) is 0.596. The van der Waals surface area contributed by atoms with Crippen molar-refractivity contribution in [1.29, 1.82) is 0 Å². The summed E-state index contributed by atoms with van der Waals surface area (Å²) in [5, 5.41) is 0. The molecule has 3 heteroatoms. The van der Waals surface area contributed by atoms with Gasteiger partial charge in [0.15, 0.2) is 0 Å². The first-order valence-corrected chi connectivity index (χ1v) is 6.75. The van der Waals surface area contributed by atoms with E-state index in [-0.39, 0.29) is 11.4 Å². The van der Waals surface area contributed by atoms with E-state index in [1.54, 1.807) is 7.11 Å². The largest absolute Gasteiger partial charge is 0.496 e. The molecule has 0 radical (unpaired) electrons. The highest BCUT2D eigenvalue weighted by molar-refractivity contribution is 5.92. The van der Waals surface area contributed by atoms with Gasteiger partial charge in [0.1, 0.15) is 11.3 Å². The van der Waals surface area contributed by atoms with Crippen molar-refractivity contribution in [3.8, 4) is 5.75 Å². The molecule has 0 saturated heterocycles. The molecule has 106 valence electrons. The van der Waals surface area contributed by atoms with E-state index in [9.17, 15) is 4.79 Å². The van der Waals surface area contributed by atoms with E-state index in [1.807, 2.05) is 18.2 Å². The molecule has 1 aromatic rings. The lowest BCUT2D eigenvalue weighted by atomic mass is 9.86. The minimum Gasteiger partial charge on any atom is -0.496 e. The smallest absolute Gasteiger partial charge is 0.341 e. The second-order valence-corrected chi connectivity index (χ2v) is 5.65. The second-order valence-electron chi connectivity index (χ2n) is 5.65. The van der Waals surface area contributed by atoms with Crippen molar-refractivity contribution in [2.75, 3.05) is 13.7 Å². The van der Waals surface area contributed by atoms with Crippen molar-refractivity contribution in [2.45, 2.75) is 46.0 Å². The molecule has 1 rings (SSSR count). The maximum absolute atomic E-state index is 12.1. The zero-order valence-electron chi connectivity index (χ0n) is 12.6. The van der Waals surface area contributed by atoms with Crippen LogP contribution >= 0.6 is 0 Å². The number of rotatable bonds is 5. The lowest BCUT2D eigenvalue weighted by Gasteiger charge is -2.20. The molecule has 3 nitrogen and oxygen atoms in total. The molecule has 0 bridgehead atoms. The van der Waals surface area contributed by atoms with Crippen molar-refractivity contribution in [3.63, 3.8) is 0 Å². The van der Waals surface area contributed by atoms with Crippen LogP contribution in [0.3, 0.4) is 0 Å². The highest BCUT2D eigenvalue weighted by atomic mass is 16.5. The maximum atomic E-state index is 12.1. The van der Waals surface area contributed by atoms with Crippen LogP contribution in [0, 0.1) is 0 Å². The fraction of sp³-hybridized carbons (Fsp3) is 0.562. The van der Waals surface area contributed by atoms with Crippen molar-refractivity contribution in [1.82, 2.24) is 0 Å². The van der Waals surface area contributed by atoms with Crippen LogP contribution in [0.15, 0.2) is 18.2 Å². The molecule has 0 heterocycles. The van der Waals surface area contributed by atoms with Gasteiger partial charge >= 0.3 is 5.97 Å². The predicted molar refractivity (Wildman–Crippen MR) is 76.9 cm³/mol. The summed E-state index contributed by atoms with van der Waals surface area (Å²) >= 11 is 0. The number of carbonyl (C=O) groups excluding carboxylic acids is 1. The molecule has 1 aromatic carbocycles. The molecule has 0 spiro atoms. The van der Waals surface area contributed by atoms with Crippen LogP contribution in [0.1, 0.15) is 56.5 Å². The van der Waals surface area contributed by atoms with Gasteiger partial charge in [0.05, 0.1) is 13.7 Å². The topological polar surface area (TPSA) is 35.5 Å². The van der Waals surface area contributed by atoms with Crippen LogP contribution < -0.4 is 4.74 Å². The number of carbonyl (C=O) groups is 1. The fourth-order valence-electron chi connectivity index (χ4n) is 1.72. The summed E-state index contributed by atoms with van der Waals surface area (Å²) in [5.41, 5.74) is 1.59. The summed E-state index contributed by atoms with van der Waals surface area (Å²) in [4.78, 5) is 12.1. The third kappa shape index (κ3) is 4.27. The van der Waals surface area contributed by atoms with Gasteiger partial charge < -0.3 is 9.47 Å². The van der Waals surface area contributed by atoms with Crippen molar-refractivity contribution in [2.24, 2.45) is 0 Å². The van der Waals surface area contributed by atoms with E-state index in [2.05, 4.69) is 27.7 Å². The Balaban J connectivity index is 2.99. The Kier molecular flexibility index (Phi) is 5.40. The highest BCUT2D eigenvalue weighted by Crippen LogP contribution is 2.28. The van der Waals surface area contributed by atoms with Gasteiger partial charge in [-0.25, -0.2) is 4.79 Å². The fourth-order valence-corrected chi connectivity index (χ4v) is 1.72. The van der Waals surface area contributed by atoms with Crippen LogP contribution in [-0.2, 0) is 10.2 Å². The standard InChI is InChI=1S/C16H24O3/c1-6-7-10-19-15(17)13-11-12(16(2,3)4)8-9-14(13)18-5/h8-9,11H,6-7,10H2,1-5H3. The molecule has 0 aliphatic rings. The van der Waals surface area contributed by atoms with Gasteiger partial charge in [-0.1, -0.05) is 40.2 Å². The number of unbranched alkanes of at least 4 members (excludes halogenated alkanes) is 1. The summed E-state index contributed by atoms with van der Waals surface area (Å²) in [5.74, 6) is 0.255. The van der Waals surface area contributed by atoms with Gasteiger partial charge in [0.2, 0.25) is 0 Å². The van der Waals surface area contributed by atoms with Crippen molar-refractivity contribution < 1.29 is 14.3 Å². The van der Waals surface area contributed by atoms with Crippen LogP contribution in [0.5, 0.6) is 5.75 Å². The summed E-state index contributed by atoms with van der Waals surface area (Å²) in [6, 6.07) is 5.69. The maximum Gasteiger partial charge on any atom is 0.341 e. The molecule has 0 fully saturated rings. The molecule has 0 unspecified atom stereocenters.